The topological polar surface area (TPSA) is 99.4 Å². The molecule has 4 aromatic rings. The molecule has 0 spiro atoms. The zero-order valence-corrected chi connectivity index (χ0v) is 27.5. The van der Waals surface area contributed by atoms with Gasteiger partial charge < -0.3 is 29.9 Å². The van der Waals surface area contributed by atoms with Gasteiger partial charge in [-0.15, -0.1) is 0 Å². The van der Waals surface area contributed by atoms with Crippen molar-refractivity contribution in [1.29, 1.82) is 0 Å². The first-order valence-corrected chi connectivity index (χ1v) is 15.7. The van der Waals surface area contributed by atoms with E-state index in [9.17, 15) is 20.4 Å². The van der Waals surface area contributed by atoms with Crippen molar-refractivity contribution in [2.45, 2.75) is 73.0 Å². The second-order valence-electron chi connectivity index (χ2n) is 12.3. The van der Waals surface area contributed by atoms with Crippen LogP contribution in [0.3, 0.4) is 0 Å². The Morgan fingerprint density at radius 2 is 0.822 bits per heavy atom. The predicted molar refractivity (Wildman–Crippen MR) is 180 cm³/mol. The number of aryl methyl sites for hydroxylation is 4. The lowest BCUT2D eigenvalue weighted by atomic mass is 9.92. The minimum Gasteiger partial charge on any atom is -0.490 e. The predicted octanol–water partition coefficient (Wildman–Crippen LogP) is 5.77. The zero-order valence-electron chi connectivity index (χ0n) is 27.5. The third-order valence-electron chi connectivity index (χ3n) is 8.76. The van der Waals surface area contributed by atoms with Gasteiger partial charge in [0.15, 0.2) is 0 Å². The van der Waals surface area contributed by atoms with Crippen molar-refractivity contribution in [1.82, 2.24) is 0 Å². The molecule has 0 fully saturated rings. The van der Waals surface area contributed by atoms with Gasteiger partial charge in [-0.3, -0.25) is 0 Å². The maximum absolute atomic E-state index is 10.2. The van der Waals surface area contributed by atoms with Crippen LogP contribution >= 0.6 is 0 Å². The van der Waals surface area contributed by atoms with Crippen molar-refractivity contribution in [2.24, 2.45) is 0 Å². The van der Waals surface area contributed by atoms with Gasteiger partial charge in [0, 0.05) is 19.3 Å². The Hall–Kier alpha value is -3.68. The van der Waals surface area contributed by atoms with Crippen LogP contribution in [0.15, 0.2) is 60.7 Å². The number of aliphatic hydroxyl groups is 4. The van der Waals surface area contributed by atoms with Crippen LogP contribution in [-0.2, 0) is 19.3 Å². The molecule has 2 unspecified atom stereocenters. The monoisotopic (exact) mass is 612 g/mol. The molecule has 0 bridgehead atoms. The van der Waals surface area contributed by atoms with Crippen LogP contribution in [0.2, 0.25) is 0 Å². The van der Waals surface area contributed by atoms with Crippen molar-refractivity contribution in [3.8, 4) is 11.5 Å². The van der Waals surface area contributed by atoms with Crippen LogP contribution < -0.4 is 9.47 Å². The van der Waals surface area contributed by atoms with E-state index in [4.69, 9.17) is 9.47 Å². The largest absolute Gasteiger partial charge is 0.490 e. The summed E-state index contributed by atoms with van der Waals surface area (Å²) in [6.07, 6.45) is -0.219. The van der Waals surface area contributed by atoms with E-state index in [1.165, 1.54) is 44.5 Å². The lowest BCUT2D eigenvalue weighted by Gasteiger charge is -2.21. The average molecular weight is 613 g/mol. The highest BCUT2D eigenvalue weighted by Gasteiger charge is 2.19. The molecule has 4 N–H and O–H groups in total. The molecule has 0 aliphatic heterocycles. The maximum atomic E-state index is 10.2. The summed E-state index contributed by atoms with van der Waals surface area (Å²) in [5.74, 6) is 1.36. The van der Waals surface area contributed by atoms with Gasteiger partial charge in [-0.05, 0) is 108 Å². The number of rotatable bonds is 14. The van der Waals surface area contributed by atoms with E-state index in [0.717, 1.165) is 22.3 Å². The first kappa shape index (κ1) is 34.2. The Morgan fingerprint density at radius 1 is 0.511 bits per heavy atom. The smallest absolute Gasteiger partial charge is 0.126 e. The highest BCUT2D eigenvalue weighted by atomic mass is 16.5. The molecule has 6 heteroatoms. The minimum atomic E-state index is -1.00. The first-order chi connectivity index (χ1) is 21.5. The highest BCUT2D eigenvalue weighted by Crippen LogP contribution is 2.34. The molecule has 4 aromatic carbocycles. The van der Waals surface area contributed by atoms with Crippen molar-refractivity contribution in [2.75, 3.05) is 26.4 Å². The Kier molecular flexibility index (Phi) is 11.8. The SMILES string of the molecule is Cc1cc(Cc2cccc(Cc3cccc(Cc4cc(C)c(C)c(C)c4)c3OCC(O)CO)c2OCC(O)CO)cc(C)c1C. The molecule has 0 aliphatic carbocycles. The molecule has 2 atom stereocenters. The molecule has 0 heterocycles. The molecule has 240 valence electrons. The van der Waals surface area contributed by atoms with E-state index >= 15 is 0 Å². The summed E-state index contributed by atoms with van der Waals surface area (Å²) in [5.41, 5.74) is 13.7. The van der Waals surface area contributed by atoms with Gasteiger partial charge in [-0.2, -0.15) is 0 Å². The van der Waals surface area contributed by atoms with E-state index in [1.54, 1.807) is 0 Å². The molecular formula is C39H48O6. The molecule has 6 nitrogen and oxygen atoms in total. The third-order valence-corrected chi connectivity index (χ3v) is 8.76. The summed E-state index contributed by atoms with van der Waals surface area (Å²) in [7, 11) is 0. The number of ether oxygens (including phenoxy) is 2. The van der Waals surface area contributed by atoms with Crippen LogP contribution in [0.1, 0.15) is 66.8 Å². The number of aliphatic hydroxyl groups excluding tert-OH is 4. The molecule has 0 aliphatic rings. The minimum absolute atomic E-state index is 0.0370. The zero-order chi connectivity index (χ0) is 32.7. The van der Waals surface area contributed by atoms with Crippen LogP contribution in [-0.4, -0.2) is 59.1 Å². The second kappa shape index (κ2) is 15.5. The quantitative estimate of drug-likeness (QED) is 0.144. The normalized spacial score (nSPS) is 12.7. The second-order valence-corrected chi connectivity index (χ2v) is 12.3. The van der Waals surface area contributed by atoms with Crippen LogP contribution in [0.5, 0.6) is 11.5 Å². The standard InChI is InChI=1S/C39H48O6/c1-24-13-30(14-25(2)28(24)5)17-32-9-7-11-34(38(32)44-22-36(42)20-40)19-35-12-8-10-33(39(35)45-23-37(43)21-41)18-31-15-26(3)29(6)27(4)16-31/h7-16,36-37,40-43H,17-23H2,1-6H3. The molecule has 45 heavy (non-hydrogen) atoms. The van der Waals surface area contributed by atoms with E-state index in [1.807, 2.05) is 36.4 Å². The fourth-order valence-electron chi connectivity index (χ4n) is 5.77. The third kappa shape index (κ3) is 8.74. The van der Waals surface area contributed by atoms with Gasteiger partial charge >= 0.3 is 0 Å². The van der Waals surface area contributed by atoms with Gasteiger partial charge in [0.1, 0.15) is 36.9 Å². The van der Waals surface area contributed by atoms with Crippen molar-refractivity contribution < 1.29 is 29.9 Å². The number of benzene rings is 4. The summed E-state index contributed by atoms with van der Waals surface area (Å²) in [4.78, 5) is 0. The molecule has 0 saturated heterocycles. The maximum Gasteiger partial charge on any atom is 0.126 e. The van der Waals surface area contributed by atoms with E-state index < -0.39 is 12.2 Å². The molecule has 4 rings (SSSR count). The van der Waals surface area contributed by atoms with Crippen molar-refractivity contribution in [3.63, 3.8) is 0 Å². The van der Waals surface area contributed by atoms with Gasteiger partial charge in [-0.25, -0.2) is 0 Å². The summed E-state index contributed by atoms with van der Waals surface area (Å²) >= 11 is 0. The summed E-state index contributed by atoms with van der Waals surface area (Å²) in [6, 6.07) is 21.0. The van der Waals surface area contributed by atoms with Crippen LogP contribution in [0, 0.1) is 41.5 Å². The Morgan fingerprint density at radius 3 is 1.13 bits per heavy atom. The number of hydrogen-bond acceptors (Lipinski definition) is 6. The van der Waals surface area contributed by atoms with E-state index in [2.05, 4.69) is 65.8 Å². The number of hydrogen-bond donors (Lipinski definition) is 4. The summed E-state index contributed by atoms with van der Waals surface area (Å²) in [6.45, 7) is 11.9. The Labute approximate surface area is 267 Å². The Bertz CT molecular complexity index is 1440. The van der Waals surface area contributed by atoms with Gasteiger partial charge in [-0.1, -0.05) is 60.7 Å². The molecule has 0 saturated carbocycles. The number of para-hydroxylation sites is 2. The van der Waals surface area contributed by atoms with Gasteiger partial charge in [0.05, 0.1) is 13.2 Å². The first-order valence-electron chi connectivity index (χ1n) is 15.7. The average Bonchev–Trinajstić information content (AvgIpc) is 3.01. The van der Waals surface area contributed by atoms with Crippen molar-refractivity contribution >= 4 is 0 Å². The lowest BCUT2D eigenvalue weighted by molar-refractivity contribution is 0.0526. The van der Waals surface area contributed by atoms with E-state index in [0.29, 0.717) is 30.8 Å². The molecule has 0 aromatic heterocycles. The molecule has 0 amide bonds. The van der Waals surface area contributed by atoms with Crippen LogP contribution in [0.4, 0.5) is 0 Å². The fraction of sp³-hybridized carbons (Fsp3) is 0.385. The molecule has 0 radical (unpaired) electrons. The van der Waals surface area contributed by atoms with Gasteiger partial charge in [0.2, 0.25) is 0 Å². The molecular weight excluding hydrogens is 564 g/mol. The van der Waals surface area contributed by atoms with Crippen LogP contribution in [0.25, 0.3) is 0 Å². The summed E-state index contributed by atoms with van der Waals surface area (Å²) < 4.78 is 12.5. The van der Waals surface area contributed by atoms with Crippen molar-refractivity contribution in [3.05, 3.63) is 127 Å². The lowest BCUT2D eigenvalue weighted by Crippen LogP contribution is -2.22. The fourth-order valence-corrected chi connectivity index (χ4v) is 5.77. The van der Waals surface area contributed by atoms with E-state index in [-0.39, 0.29) is 26.4 Å². The highest BCUT2D eigenvalue weighted by molar-refractivity contribution is 5.52. The Balaban J connectivity index is 1.76. The summed E-state index contributed by atoms with van der Waals surface area (Å²) in [5, 5.41) is 39.3. The van der Waals surface area contributed by atoms with Gasteiger partial charge in [0.25, 0.3) is 0 Å².